The topological polar surface area (TPSA) is 84.2 Å². The summed E-state index contributed by atoms with van der Waals surface area (Å²) in [5.41, 5.74) is 0.799. The largest absolute Gasteiger partial charge is 0.480 e. The number of aliphatic carboxylic acids is 1. The molecular formula is C10H13N3O3. The highest BCUT2D eigenvalue weighted by Gasteiger charge is 2.38. The summed E-state index contributed by atoms with van der Waals surface area (Å²) in [6.07, 6.45) is 3.64. The van der Waals surface area contributed by atoms with Gasteiger partial charge in [0.1, 0.15) is 6.04 Å². The summed E-state index contributed by atoms with van der Waals surface area (Å²) in [6.45, 7) is 2.68. The zero-order chi connectivity index (χ0) is 11.7. The van der Waals surface area contributed by atoms with E-state index in [4.69, 9.17) is 5.11 Å². The fourth-order valence-corrected chi connectivity index (χ4v) is 1.94. The lowest BCUT2D eigenvalue weighted by Gasteiger charge is -2.12. The molecule has 0 saturated carbocycles. The molecule has 6 nitrogen and oxygen atoms in total. The van der Waals surface area contributed by atoms with Gasteiger partial charge in [-0.1, -0.05) is 0 Å². The summed E-state index contributed by atoms with van der Waals surface area (Å²) in [5, 5.41) is 15.5. The molecular weight excluding hydrogens is 210 g/mol. The van der Waals surface area contributed by atoms with Crippen LogP contribution in [-0.2, 0) is 16.1 Å². The van der Waals surface area contributed by atoms with Gasteiger partial charge < -0.3 is 10.4 Å². The van der Waals surface area contributed by atoms with Crippen molar-refractivity contribution in [1.29, 1.82) is 0 Å². The Morgan fingerprint density at radius 2 is 2.50 bits per heavy atom. The van der Waals surface area contributed by atoms with Crippen LogP contribution in [0.25, 0.3) is 0 Å². The Morgan fingerprint density at radius 1 is 1.75 bits per heavy atom. The maximum Gasteiger partial charge on any atom is 0.326 e. The maximum absolute atomic E-state index is 11.2. The van der Waals surface area contributed by atoms with Crippen molar-refractivity contribution in [2.75, 3.05) is 0 Å². The molecule has 2 rings (SSSR count). The number of carboxylic acids is 1. The third-order valence-electron chi connectivity index (χ3n) is 2.80. The molecule has 86 valence electrons. The SMILES string of the molecule is CCn1cc(C2CC(=O)NC2C(=O)O)cn1. The van der Waals surface area contributed by atoms with Crippen molar-refractivity contribution in [3.63, 3.8) is 0 Å². The van der Waals surface area contributed by atoms with Crippen LogP contribution in [0.4, 0.5) is 0 Å². The van der Waals surface area contributed by atoms with Crippen LogP contribution in [0.2, 0.25) is 0 Å². The van der Waals surface area contributed by atoms with Crippen molar-refractivity contribution in [1.82, 2.24) is 15.1 Å². The minimum absolute atomic E-state index is 0.215. The monoisotopic (exact) mass is 223 g/mol. The molecule has 6 heteroatoms. The molecule has 0 radical (unpaired) electrons. The average molecular weight is 223 g/mol. The predicted octanol–water partition coefficient (Wildman–Crippen LogP) is -0.0403. The van der Waals surface area contributed by atoms with E-state index in [1.54, 1.807) is 17.1 Å². The Bertz CT molecular complexity index is 427. The molecule has 2 unspecified atom stereocenters. The molecule has 0 bridgehead atoms. The fourth-order valence-electron chi connectivity index (χ4n) is 1.94. The van der Waals surface area contributed by atoms with Crippen molar-refractivity contribution in [3.8, 4) is 0 Å². The van der Waals surface area contributed by atoms with Crippen LogP contribution in [0.5, 0.6) is 0 Å². The van der Waals surface area contributed by atoms with Crippen LogP contribution in [0.3, 0.4) is 0 Å². The van der Waals surface area contributed by atoms with E-state index in [1.165, 1.54) is 0 Å². The Hall–Kier alpha value is -1.85. The van der Waals surface area contributed by atoms with Crippen LogP contribution >= 0.6 is 0 Å². The molecule has 1 aromatic rings. The van der Waals surface area contributed by atoms with Gasteiger partial charge in [0.25, 0.3) is 0 Å². The molecule has 2 N–H and O–H groups in total. The molecule has 1 fully saturated rings. The van der Waals surface area contributed by atoms with Crippen LogP contribution in [0.15, 0.2) is 12.4 Å². The second-order valence-electron chi connectivity index (χ2n) is 3.82. The van der Waals surface area contributed by atoms with Gasteiger partial charge in [0.2, 0.25) is 5.91 Å². The van der Waals surface area contributed by atoms with Crippen molar-refractivity contribution in [3.05, 3.63) is 18.0 Å². The van der Waals surface area contributed by atoms with Gasteiger partial charge in [-0.25, -0.2) is 4.79 Å². The van der Waals surface area contributed by atoms with E-state index in [9.17, 15) is 9.59 Å². The summed E-state index contributed by atoms with van der Waals surface area (Å²) >= 11 is 0. The quantitative estimate of drug-likeness (QED) is 0.753. The van der Waals surface area contributed by atoms with Gasteiger partial charge in [0.05, 0.1) is 6.20 Å². The highest BCUT2D eigenvalue weighted by atomic mass is 16.4. The predicted molar refractivity (Wildman–Crippen MR) is 54.8 cm³/mol. The number of nitrogens with one attached hydrogen (secondary N) is 1. The van der Waals surface area contributed by atoms with Gasteiger partial charge in [-0.15, -0.1) is 0 Å². The van der Waals surface area contributed by atoms with Crippen molar-refractivity contribution in [2.24, 2.45) is 0 Å². The third kappa shape index (κ3) is 1.78. The normalized spacial score (nSPS) is 24.4. The molecule has 1 saturated heterocycles. The number of rotatable bonds is 3. The molecule has 2 atom stereocenters. The van der Waals surface area contributed by atoms with Crippen molar-refractivity contribution >= 4 is 11.9 Å². The van der Waals surface area contributed by atoms with Crippen molar-refractivity contribution < 1.29 is 14.7 Å². The molecule has 16 heavy (non-hydrogen) atoms. The minimum Gasteiger partial charge on any atom is -0.480 e. The number of carboxylic acid groups (broad SMARTS) is 1. The van der Waals surface area contributed by atoms with E-state index >= 15 is 0 Å². The fraction of sp³-hybridized carbons (Fsp3) is 0.500. The number of hydrogen-bond acceptors (Lipinski definition) is 3. The van der Waals surface area contributed by atoms with Crippen LogP contribution in [-0.4, -0.2) is 32.8 Å². The average Bonchev–Trinajstić information content (AvgIpc) is 2.82. The first-order valence-corrected chi connectivity index (χ1v) is 5.16. The van der Waals surface area contributed by atoms with Gasteiger partial charge in [0, 0.05) is 25.1 Å². The Labute approximate surface area is 92.3 Å². The zero-order valence-corrected chi connectivity index (χ0v) is 8.88. The lowest BCUT2D eigenvalue weighted by atomic mass is 9.94. The second kappa shape index (κ2) is 3.96. The molecule has 1 amide bonds. The molecule has 0 aromatic carbocycles. The lowest BCUT2D eigenvalue weighted by molar-refractivity contribution is -0.140. The Balaban J connectivity index is 2.24. The first kappa shape index (κ1) is 10.7. The van der Waals surface area contributed by atoms with Gasteiger partial charge >= 0.3 is 5.97 Å². The van der Waals surface area contributed by atoms with Gasteiger partial charge in [0.15, 0.2) is 0 Å². The highest BCUT2D eigenvalue weighted by molar-refractivity contribution is 5.89. The van der Waals surface area contributed by atoms with Crippen molar-refractivity contribution in [2.45, 2.75) is 31.8 Å². The van der Waals surface area contributed by atoms with Gasteiger partial charge in [-0.05, 0) is 12.5 Å². The second-order valence-corrected chi connectivity index (χ2v) is 3.82. The summed E-state index contributed by atoms with van der Waals surface area (Å²) < 4.78 is 1.72. The molecule has 1 aliphatic rings. The van der Waals surface area contributed by atoms with Gasteiger partial charge in [-0.3, -0.25) is 9.48 Å². The van der Waals surface area contributed by atoms with Gasteiger partial charge in [-0.2, -0.15) is 5.10 Å². The summed E-state index contributed by atoms with van der Waals surface area (Å²) in [7, 11) is 0. The van der Waals surface area contributed by atoms with E-state index in [2.05, 4.69) is 10.4 Å². The smallest absolute Gasteiger partial charge is 0.326 e. The summed E-state index contributed by atoms with van der Waals surface area (Å²) in [5.74, 6) is -1.54. The summed E-state index contributed by atoms with van der Waals surface area (Å²) in [4.78, 5) is 22.2. The zero-order valence-electron chi connectivity index (χ0n) is 8.88. The van der Waals surface area contributed by atoms with E-state index in [0.29, 0.717) is 0 Å². The Kier molecular flexibility index (Phi) is 2.64. The number of hydrogen-bond donors (Lipinski definition) is 2. The molecule has 1 aromatic heterocycles. The number of carbonyl (C=O) groups excluding carboxylic acids is 1. The Morgan fingerprint density at radius 3 is 3.06 bits per heavy atom. The number of nitrogens with zero attached hydrogens (tertiary/aromatic N) is 2. The molecule has 0 aliphatic carbocycles. The molecule has 2 heterocycles. The van der Waals surface area contributed by atoms with E-state index in [1.807, 2.05) is 6.92 Å². The standard InChI is InChI=1S/C10H13N3O3/c1-2-13-5-6(4-11-13)7-3-8(14)12-9(7)10(15)16/h4-5,7,9H,2-3H2,1H3,(H,12,14)(H,15,16). The highest BCUT2D eigenvalue weighted by Crippen LogP contribution is 2.28. The van der Waals surface area contributed by atoms with E-state index in [-0.39, 0.29) is 18.2 Å². The van der Waals surface area contributed by atoms with Crippen LogP contribution in [0, 0.1) is 0 Å². The number of aryl methyl sites for hydroxylation is 1. The van der Waals surface area contributed by atoms with Crippen LogP contribution < -0.4 is 5.32 Å². The molecule has 1 aliphatic heterocycles. The van der Waals surface area contributed by atoms with E-state index in [0.717, 1.165) is 12.1 Å². The lowest BCUT2D eigenvalue weighted by Crippen LogP contribution is -2.35. The minimum atomic E-state index is -1.000. The number of carbonyl (C=O) groups is 2. The first-order valence-electron chi connectivity index (χ1n) is 5.16. The van der Waals surface area contributed by atoms with Crippen LogP contribution in [0.1, 0.15) is 24.8 Å². The number of aromatic nitrogens is 2. The summed E-state index contributed by atoms with van der Waals surface area (Å²) in [6, 6.07) is -0.831. The maximum atomic E-state index is 11.2. The number of amides is 1. The molecule has 0 spiro atoms. The first-order chi connectivity index (χ1) is 7.61. The van der Waals surface area contributed by atoms with E-state index < -0.39 is 12.0 Å². The third-order valence-corrected chi connectivity index (χ3v) is 2.80.